The van der Waals surface area contributed by atoms with Gasteiger partial charge in [-0.2, -0.15) is 0 Å². The van der Waals surface area contributed by atoms with Crippen molar-refractivity contribution in [1.29, 1.82) is 0 Å². The second kappa shape index (κ2) is 10.4. The molecule has 1 fully saturated rings. The van der Waals surface area contributed by atoms with Crippen LogP contribution in [0.3, 0.4) is 0 Å². The zero-order chi connectivity index (χ0) is 26.8. The number of aryl methyl sites for hydroxylation is 1. The van der Waals surface area contributed by atoms with E-state index in [2.05, 4.69) is 15.6 Å². The van der Waals surface area contributed by atoms with Crippen LogP contribution in [0.4, 0.5) is 5.82 Å². The molecule has 1 aliphatic heterocycles. The van der Waals surface area contributed by atoms with Gasteiger partial charge in [-0.15, -0.1) is 0 Å². The van der Waals surface area contributed by atoms with Gasteiger partial charge in [-0.1, -0.05) is 6.07 Å². The van der Waals surface area contributed by atoms with Gasteiger partial charge in [-0.25, -0.2) is 14.8 Å². The number of methoxy groups -OCH3 is 2. The number of nitrogens with zero attached hydrogens (tertiary/aromatic N) is 3. The minimum Gasteiger partial charge on any atom is -0.497 e. The molecule has 0 bridgehead atoms. The fraction of sp³-hybridized carbons (Fsp3) is 0.286. The number of carbonyl (C=O) groups excluding carboxylic acids is 1. The molecule has 0 aliphatic carbocycles. The van der Waals surface area contributed by atoms with Crippen LogP contribution in [0.25, 0.3) is 16.8 Å². The number of hydrogen-bond donors (Lipinski definition) is 3. The van der Waals surface area contributed by atoms with Crippen LogP contribution < -0.4 is 20.1 Å². The highest BCUT2D eigenvalue weighted by Gasteiger charge is 2.30. The normalized spacial score (nSPS) is 15.2. The van der Waals surface area contributed by atoms with Crippen molar-refractivity contribution in [3.8, 4) is 22.8 Å². The molecule has 0 saturated carbocycles. The van der Waals surface area contributed by atoms with Gasteiger partial charge in [0.1, 0.15) is 28.5 Å². The average Bonchev–Trinajstić information content (AvgIpc) is 3.31. The van der Waals surface area contributed by atoms with Gasteiger partial charge in [-0.3, -0.25) is 9.20 Å². The second-order valence-corrected chi connectivity index (χ2v) is 9.17. The zero-order valence-corrected chi connectivity index (χ0v) is 21.4. The Bertz CT molecular complexity index is 1530. The van der Waals surface area contributed by atoms with Gasteiger partial charge >= 0.3 is 5.97 Å². The SMILES string of the molecule is COc1ccc(CNc2nccn3c(C4CCCNC4=O)nc(-c4ccc(C(=O)O)cc4C)c23)c(OC)c1. The molecular weight excluding hydrogens is 486 g/mol. The molecule has 5 rings (SSSR count). The van der Waals surface area contributed by atoms with Gasteiger partial charge in [0.2, 0.25) is 5.91 Å². The van der Waals surface area contributed by atoms with Crippen LogP contribution in [0, 0.1) is 6.92 Å². The molecule has 0 radical (unpaired) electrons. The topological polar surface area (TPSA) is 127 Å². The number of amides is 1. The van der Waals surface area contributed by atoms with Crippen LogP contribution >= 0.6 is 0 Å². The molecule has 1 unspecified atom stereocenters. The third kappa shape index (κ3) is 4.60. The van der Waals surface area contributed by atoms with Crippen LogP contribution in [0.15, 0.2) is 48.8 Å². The molecule has 1 amide bonds. The van der Waals surface area contributed by atoms with Crippen molar-refractivity contribution >= 4 is 23.2 Å². The highest BCUT2D eigenvalue weighted by atomic mass is 16.5. The summed E-state index contributed by atoms with van der Waals surface area (Å²) in [7, 11) is 3.21. The number of benzene rings is 2. The fourth-order valence-electron chi connectivity index (χ4n) is 4.88. The van der Waals surface area contributed by atoms with Gasteiger partial charge in [-0.05, 0) is 49.6 Å². The van der Waals surface area contributed by atoms with Crippen molar-refractivity contribution in [2.45, 2.75) is 32.2 Å². The van der Waals surface area contributed by atoms with E-state index >= 15 is 0 Å². The maximum absolute atomic E-state index is 12.8. The van der Waals surface area contributed by atoms with Gasteiger partial charge in [0, 0.05) is 42.7 Å². The molecule has 2 aromatic heterocycles. The Morgan fingerprint density at radius 3 is 2.76 bits per heavy atom. The summed E-state index contributed by atoms with van der Waals surface area (Å²) >= 11 is 0. The quantitative estimate of drug-likeness (QED) is 0.321. The Labute approximate surface area is 219 Å². The van der Waals surface area contributed by atoms with E-state index in [1.54, 1.807) is 38.6 Å². The van der Waals surface area contributed by atoms with Crippen LogP contribution in [-0.4, -0.2) is 52.1 Å². The summed E-state index contributed by atoms with van der Waals surface area (Å²) in [5.41, 5.74) is 3.98. The summed E-state index contributed by atoms with van der Waals surface area (Å²) < 4.78 is 12.8. The third-order valence-corrected chi connectivity index (χ3v) is 6.85. The lowest BCUT2D eigenvalue weighted by atomic mass is 9.98. The number of carbonyl (C=O) groups is 2. The van der Waals surface area contributed by atoms with Crippen molar-refractivity contribution in [3.05, 3.63) is 71.3 Å². The lowest BCUT2D eigenvalue weighted by Crippen LogP contribution is -2.35. The summed E-state index contributed by atoms with van der Waals surface area (Å²) in [6.07, 6.45) is 5.04. The van der Waals surface area contributed by atoms with Crippen molar-refractivity contribution in [1.82, 2.24) is 19.7 Å². The Morgan fingerprint density at radius 2 is 2.05 bits per heavy atom. The first-order valence-corrected chi connectivity index (χ1v) is 12.3. The van der Waals surface area contributed by atoms with Gasteiger partial charge < -0.3 is 25.2 Å². The van der Waals surface area contributed by atoms with E-state index in [4.69, 9.17) is 14.5 Å². The summed E-state index contributed by atoms with van der Waals surface area (Å²) in [6, 6.07) is 10.6. The number of anilines is 1. The smallest absolute Gasteiger partial charge is 0.335 e. The Balaban J connectivity index is 1.63. The molecule has 0 spiro atoms. The van der Waals surface area contributed by atoms with E-state index in [-0.39, 0.29) is 11.5 Å². The molecule has 4 aromatic rings. The largest absolute Gasteiger partial charge is 0.497 e. The minimum absolute atomic E-state index is 0.0538. The van der Waals surface area contributed by atoms with Crippen LogP contribution in [0.1, 0.15) is 46.1 Å². The Kier molecular flexibility index (Phi) is 6.87. The van der Waals surface area contributed by atoms with E-state index in [1.165, 1.54) is 0 Å². The number of imidazole rings is 1. The number of aromatic carboxylic acids is 1. The summed E-state index contributed by atoms with van der Waals surface area (Å²) in [4.78, 5) is 33.9. The predicted molar refractivity (Wildman–Crippen MR) is 142 cm³/mol. The number of fused-ring (bicyclic) bond motifs is 1. The van der Waals surface area contributed by atoms with Gasteiger partial charge in [0.05, 0.1) is 25.7 Å². The number of carboxylic acids is 1. The molecule has 10 heteroatoms. The molecule has 1 atom stereocenters. The first-order valence-electron chi connectivity index (χ1n) is 12.3. The first-order chi connectivity index (χ1) is 18.4. The van der Waals surface area contributed by atoms with Crippen LogP contribution in [0.2, 0.25) is 0 Å². The average molecular weight is 516 g/mol. The second-order valence-electron chi connectivity index (χ2n) is 9.17. The lowest BCUT2D eigenvalue weighted by molar-refractivity contribution is -0.124. The Morgan fingerprint density at radius 1 is 1.21 bits per heavy atom. The minimum atomic E-state index is -0.994. The van der Waals surface area contributed by atoms with E-state index < -0.39 is 11.9 Å². The zero-order valence-electron chi connectivity index (χ0n) is 21.4. The number of rotatable bonds is 8. The van der Waals surface area contributed by atoms with Crippen LogP contribution in [0.5, 0.6) is 11.5 Å². The predicted octanol–water partition coefficient (Wildman–Crippen LogP) is 4.03. The van der Waals surface area contributed by atoms with E-state index in [0.717, 1.165) is 23.1 Å². The summed E-state index contributed by atoms with van der Waals surface area (Å²) in [6.45, 7) is 2.92. The molecule has 1 aliphatic rings. The number of nitrogens with one attached hydrogen (secondary N) is 2. The maximum Gasteiger partial charge on any atom is 0.335 e. The first kappa shape index (κ1) is 25.1. The van der Waals surface area contributed by atoms with Gasteiger partial charge in [0.15, 0.2) is 5.82 Å². The Hall–Kier alpha value is -4.60. The van der Waals surface area contributed by atoms with E-state index in [9.17, 15) is 14.7 Å². The van der Waals surface area contributed by atoms with Crippen molar-refractivity contribution < 1.29 is 24.2 Å². The molecule has 1 saturated heterocycles. The monoisotopic (exact) mass is 515 g/mol. The summed E-state index contributed by atoms with van der Waals surface area (Å²) in [5, 5.41) is 15.8. The molecule has 10 nitrogen and oxygen atoms in total. The standard InChI is InChI=1S/C28H29N5O5/c1-16-13-17(28(35)36)7-9-20(16)23-24-25(31-15-18-6-8-19(37-2)14-22(18)38-3)29-11-12-33(24)26(32-23)21-5-4-10-30-27(21)34/h6-9,11-14,21H,4-5,10,15H2,1-3H3,(H,29,31)(H,30,34)(H,35,36). The van der Waals surface area contributed by atoms with Crippen molar-refractivity contribution in [2.24, 2.45) is 0 Å². The van der Waals surface area contributed by atoms with E-state index in [1.807, 2.05) is 35.7 Å². The number of hydrogen-bond acceptors (Lipinski definition) is 7. The van der Waals surface area contributed by atoms with Crippen LogP contribution in [-0.2, 0) is 11.3 Å². The van der Waals surface area contributed by atoms with Gasteiger partial charge in [0.25, 0.3) is 0 Å². The number of ether oxygens (including phenoxy) is 2. The number of aromatic nitrogens is 3. The lowest BCUT2D eigenvalue weighted by Gasteiger charge is -2.20. The van der Waals surface area contributed by atoms with Crippen molar-refractivity contribution in [3.63, 3.8) is 0 Å². The van der Waals surface area contributed by atoms with E-state index in [0.29, 0.717) is 53.9 Å². The number of carboxylic acid groups (broad SMARTS) is 1. The highest BCUT2D eigenvalue weighted by Crippen LogP contribution is 2.36. The highest BCUT2D eigenvalue weighted by molar-refractivity contribution is 5.92. The maximum atomic E-state index is 12.8. The fourth-order valence-corrected chi connectivity index (χ4v) is 4.88. The molecule has 3 N–H and O–H groups in total. The molecule has 196 valence electrons. The molecular formula is C28H29N5O5. The van der Waals surface area contributed by atoms with Crippen molar-refractivity contribution in [2.75, 3.05) is 26.1 Å². The molecule has 38 heavy (non-hydrogen) atoms. The molecule has 2 aromatic carbocycles. The summed E-state index contributed by atoms with van der Waals surface area (Å²) in [5.74, 6) is 1.13. The number of piperidine rings is 1. The third-order valence-electron chi connectivity index (χ3n) is 6.85. The molecule has 3 heterocycles.